The molecule has 0 amide bonds. The molecule has 37 heavy (non-hydrogen) atoms. The lowest BCUT2D eigenvalue weighted by Crippen LogP contribution is -2.34. The van der Waals surface area contributed by atoms with E-state index in [1.54, 1.807) is 6.07 Å². The average Bonchev–Trinajstić information content (AvgIpc) is 3.55. The van der Waals surface area contributed by atoms with E-state index in [9.17, 15) is 13.5 Å². The normalized spacial score (nSPS) is 27.9. The summed E-state index contributed by atoms with van der Waals surface area (Å²) >= 11 is 6.58. The second kappa shape index (κ2) is 9.64. The fraction of sp³-hybridized carbons (Fsp3) is 0.440. The molecule has 1 aliphatic carbocycles. The highest BCUT2D eigenvalue weighted by Crippen LogP contribution is 2.34. The van der Waals surface area contributed by atoms with Crippen molar-refractivity contribution in [3.05, 3.63) is 47.0 Å². The van der Waals surface area contributed by atoms with Crippen molar-refractivity contribution in [2.45, 2.75) is 49.7 Å². The van der Waals surface area contributed by atoms with E-state index in [0.29, 0.717) is 40.9 Å². The first-order valence-corrected chi connectivity index (χ1v) is 14.4. The minimum Gasteiger partial charge on any atom is -0.456 e. The Morgan fingerprint density at radius 1 is 1.14 bits per heavy atom. The number of ether oxygens (including phenoxy) is 3. The molecule has 10 nitrogen and oxygen atoms in total. The Morgan fingerprint density at radius 3 is 2.62 bits per heavy atom. The summed E-state index contributed by atoms with van der Waals surface area (Å²) in [5.74, 6) is 0. The summed E-state index contributed by atoms with van der Waals surface area (Å²) in [6.07, 6.45) is 3.76. The van der Waals surface area contributed by atoms with E-state index in [1.165, 1.54) is 11.8 Å². The number of pyridine rings is 1. The molecule has 3 N–H and O–H groups in total. The molecular formula is C25H27ClN4O6S. The third-order valence-electron chi connectivity index (χ3n) is 6.97. The highest BCUT2D eigenvalue weighted by atomic mass is 35.5. The molecule has 0 spiro atoms. The molecule has 6 rings (SSSR count). The predicted octanol–water partition coefficient (Wildman–Crippen LogP) is 2.67. The third kappa shape index (κ3) is 5.12. The standard InChI is InChI=1S/C25H27ClN4O6S/c1-37(32,33)30-16-8-6-14(7-9-16)13-2-4-15(5-3-13)21-17(26)10-18-24(28-21)29-25(27-18)36-20-12-35-22-19(31)11-34-23(20)22/h2-6,10,16,19-20,22-23,30-31H,7-9,11-12H2,1H3,(H,27,28,29)/t16?,19-,20-,22?,23-/m1/s1. The Balaban J connectivity index is 1.17. The number of fused-ring (bicyclic) bond motifs is 2. The van der Waals surface area contributed by atoms with Gasteiger partial charge in [-0.2, -0.15) is 4.98 Å². The van der Waals surface area contributed by atoms with Crippen LogP contribution in [0.3, 0.4) is 0 Å². The van der Waals surface area contributed by atoms with Gasteiger partial charge in [0, 0.05) is 11.6 Å². The van der Waals surface area contributed by atoms with Crippen LogP contribution in [0, 0.1) is 0 Å². The minimum atomic E-state index is -3.21. The Hall–Kier alpha value is -2.54. The molecule has 0 bridgehead atoms. The number of hydrogen-bond donors (Lipinski definition) is 3. The van der Waals surface area contributed by atoms with Gasteiger partial charge in [-0.05, 0) is 36.5 Å². The number of hydrogen-bond acceptors (Lipinski definition) is 8. The molecule has 12 heteroatoms. The molecule has 5 atom stereocenters. The molecular weight excluding hydrogens is 520 g/mol. The van der Waals surface area contributed by atoms with Crippen LogP contribution in [-0.2, 0) is 19.5 Å². The maximum absolute atomic E-state index is 11.5. The van der Waals surface area contributed by atoms with Gasteiger partial charge < -0.3 is 24.3 Å². The van der Waals surface area contributed by atoms with Crippen LogP contribution in [0.1, 0.15) is 24.8 Å². The summed E-state index contributed by atoms with van der Waals surface area (Å²) in [6.45, 7) is 0.535. The van der Waals surface area contributed by atoms with Gasteiger partial charge in [0.15, 0.2) is 11.8 Å². The zero-order valence-corrected chi connectivity index (χ0v) is 21.6. The number of sulfonamides is 1. The fourth-order valence-corrected chi connectivity index (χ4v) is 6.27. The first-order valence-electron chi connectivity index (χ1n) is 12.1. The first-order chi connectivity index (χ1) is 17.7. The summed E-state index contributed by atoms with van der Waals surface area (Å²) in [5.41, 5.74) is 4.87. The minimum absolute atomic E-state index is 0.0598. The Bertz CT molecular complexity index is 1460. The summed E-state index contributed by atoms with van der Waals surface area (Å²) in [5, 5.41) is 10.4. The van der Waals surface area contributed by atoms with Crippen molar-refractivity contribution < 1.29 is 27.7 Å². The van der Waals surface area contributed by atoms with Crippen molar-refractivity contribution in [1.82, 2.24) is 19.7 Å². The topological polar surface area (TPSA) is 136 Å². The number of allylic oxidation sites excluding steroid dienone is 1. The summed E-state index contributed by atoms with van der Waals surface area (Å²) in [7, 11) is -3.21. The molecule has 196 valence electrons. The second-order valence-electron chi connectivity index (χ2n) is 9.72. The Labute approximate surface area is 219 Å². The van der Waals surface area contributed by atoms with Crippen molar-refractivity contribution in [3.63, 3.8) is 0 Å². The number of nitrogens with zero attached hydrogens (tertiary/aromatic N) is 2. The summed E-state index contributed by atoms with van der Waals surface area (Å²) < 4.78 is 42.8. The highest BCUT2D eigenvalue weighted by molar-refractivity contribution is 7.88. The second-order valence-corrected chi connectivity index (χ2v) is 11.9. The molecule has 2 saturated heterocycles. The zero-order chi connectivity index (χ0) is 25.7. The quantitative estimate of drug-likeness (QED) is 0.429. The first kappa shape index (κ1) is 24.8. The monoisotopic (exact) mass is 546 g/mol. The maximum Gasteiger partial charge on any atom is 0.296 e. The van der Waals surface area contributed by atoms with Gasteiger partial charge in [-0.1, -0.05) is 41.9 Å². The van der Waals surface area contributed by atoms with Gasteiger partial charge in [0.2, 0.25) is 10.0 Å². The molecule has 3 aromatic rings. The third-order valence-corrected chi connectivity index (χ3v) is 8.02. The number of halogens is 1. The number of aliphatic hydroxyl groups is 1. The van der Waals surface area contributed by atoms with Crippen molar-refractivity contribution in [2.75, 3.05) is 19.5 Å². The van der Waals surface area contributed by atoms with Crippen LogP contribution < -0.4 is 9.46 Å². The van der Waals surface area contributed by atoms with Crippen LogP contribution in [0.25, 0.3) is 28.0 Å². The predicted molar refractivity (Wildman–Crippen MR) is 138 cm³/mol. The number of aromatic nitrogens is 3. The summed E-state index contributed by atoms with van der Waals surface area (Å²) in [6, 6.07) is 10.0. The van der Waals surface area contributed by atoms with Crippen LogP contribution in [0.2, 0.25) is 5.02 Å². The van der Waals surface area contributed by atoms with Gasteiger partial charge in [-0.25, -0.2) is 18.1 Å². The van der Waals surface area contributed by atoms with Gasteiger partial charge in [0.25, 0.3) is 6.01 Å². The van der Waals surface area contributed by atoms with E-state index >= 15 is 0 Å². The molecule has 3 aliphatic rings. The van der Waals surface area contributed by atoms with Gasteiger partial charge in [0.05, 0.1) is 35.7 Å². The molecule has 2 aromatic heterocycles. The van der Waals surface area contributed by atoms with Crippen LogP contribution in [0.4, 0.5) is 0 Å². The lowest BCUT2D eigenvalue weighted by molar-refractivity contribution is 0.00706. The maximum atomic E-state index is 11.5. The fourth-order valence-electron chi connectivity index (χ4n) is 5.19. The Morgan fingerprint density at radius 2 is 1.89 bits per heavy atom. The summed E-state index contributed by atoms with van der Waals surface area (Å²) in [4.78, 5) is 12.2. The van der Waals surface area contributed by atoms with E-state index in [2.05, 4.69) is 25.8 Å². The van der Waals surface area contributed by atoms with Crippen molar-refractivity contribution in [3.8, 4) is 17.3 Å². The molecule has 1 aromatic carbocycles. The molecule has 2 aliphatic heterocycles. The largest absolute Gasteiger partial charge is 0.456 e. The van der Waals surface area contributed by atoms with Gasteiger partial charge in [-0.3, -0.25) is 0 Å². The number of rotatable bonds is 6. The van der Waals surface area contributed by atoms with Gasteiger partial charge in [0.1, 0.15) is 18.3 Å². The van der Waals surface area contributed by atoms with Crippen LogP contribution >= 0.6 is 11.6 Å². The number of nitrogens with one attached hydrogen (secondary N) is 2. The number of imidazole rings is 1. The van der Waals surface area contributed by atoms with Crippen molar-refractivity contribution >= 4 is 38.4 Å². The molecule has 4 heterocycles. The number of aromatic amines is 1. The van der Waals surface area contributed by atoms with Crippen molar-refractivity contribution in [1.29, 1.82) is 0 Å². The SMILES string of the molecule is CS(=O)(=O)NC1CC=C(c2ccc(-c3nc4nc(O[C@@H]5COC6[C@H](O)CO[C@@H]65)[nH]c4cc3Cl)cc2)CC1. The zero-order valence-electron chi connectivity index (χ0n) is 20.1. The number of benzene rings is 1. The smallest absolute Gasteiger partial charge is 0.296 e. The number of H-pyrrole nitrogens is 1. The van der Waals surface area contributed by atoms with E-state index in [1.807, 2.05) is 24.3 Å². The lowest BCUT2D eigenvalue weighted by atomic mass is 9.90. The Kier molecular flexibility index (Phi) is 6.46. The lowest BCUT2D eigenvalue weighted by Gasteiger charge is -2.22. The van der Waals surface area contributed by atoms with E-state index in [4.69, 9.17) is 25.8 Å². The molecule has 0 saturated carbocycles. The van der Waals surface area contributed by atoms with E-state index in [0.717, 1.165) is 24.0 Å². The van der Waals surface area contributed by atoms with Crippen LogP contribution in [-0.4, -0.2) is 78.4 Å². The van der Waals surface area contributed by atoms with Crippen LogP contribution in [0.5, 0.6) is 6.01 Å². The van der Waals surface area contributed by atoms with E-state index < -0.39 is 16.1 Å². The van der Waals surface area contributed by atoms with Crippen LogP contribution in [0.15, 0.2) is 36.4 Å². The molecule has 0 radical (unpaired) electrons. The molecule has 2 unspecified atom stereocenters. The molecule has 2 fully saturated rings. The number of aliphatic hydroxyl groups excluding tert-OH is 1. The van der Waals surface area contributed by atoms with Crippen molar-refractivity contribution in [2.24, 2.45) is 0 Å². The highest BCUT2D eigenvalue weighted by Gasteiger charge is 2.48. The average molecular weight is 547 g/mol. The van der Waals surface area contributed by atoms with Gasteiger partial charge >= 0.3 is 0 Å². The van der Waals surface area contributed by atoms with E-state index in [-0.39, 0.29) is 31.0 Å². The van der Waals surface area contributed by atoms with Gasteiger partial charge in [-0.15, -0.1) is 0 Å².